The molecule has 90 valence electrons. The average Bonchev–Trinajstić information content (AvgIpc) is 2.38. The Bertz CT molecular complexity index is 597. The molecular weight excluding hydrogens is 222 g/mol. The first-order valence-electron chi connectivity index (χ1n) is 5.87. The van der Waals surface area contributed by atoms with Crippen molar-refractivity contribution < 1.29 is 0 Å². The predicted molar refractivity (Wildman–Crippen MR) is 70.1 cm³/mol. The monoisotopic (exact) mass is 237 g/mol. The highest BCUT2D eigenvalue weighted by molar-refractivity contribution is 5.43. The second-order valence-corrected chi connectivity index (χ2v) is 4.46. The second-order valence-electron chi connectivity index (χ2n) is 4.46. The molecule has 2 rings (SSSR count). The van der Waals surface area contributed by atoms with Crippen LogP contribution in [-0.4, -0.2) is 9.97 Å². The number of hydrogen-bond acceptors (Lipinski definition) is 3. The minimum atomic E-state index is -0.398. The van der Waals surface area contributed by atoms with Crippen molar-refractivity contribution in [1.82, 2.24) is 9.97 Å². The van der Waals surface area contributed by atoms with E-state index in [4.69, 9.17) is 0 Å². The van der Waals surface area contributed by atoms with Gasteiger partial charge in [-0.3, -0.25) is 0 Å². The van der Waals surface area contributed by atoms with E-state index in [2.05, 4.69) is 42.0 Å². The molecule has 0 bridgehead atoms. The molecule has 0 N–H and O–H groups in total. The van der Waals surface area contributed by atoms with Crippen molar-refractivity contribution in [3.63, 3.8) is 0 Å². The molecule has 1 unspecified atom stereocenters. The van der Waals surface area contributed by atoms with Gasteiger partial charge in [0.1, 0.15) is 11.7 Å². The summed E-state index contributed by atoms with van der Waals surface area (Å²) in [4.78, 5) is 8.37. The highest BCUT2D eigenvalue weighted by Gasteiger charge is 2.18. The lowest BCUT2D eigenvalue weighted by atomic mass is 9.91. The first kappa shape index (κ1) is 12.3. The lowest BCUT2D eigenvalue weighted by molar-refractivity contribution is 0.880. The normalized spacial score (nSPS) is 11.9. The summed E-state index contributed by atoms with van der Waals surface area (Å²) < 4.78 is 0. The largest absolute Gasteiger partial charge is 0.240 e. The molecule has 2 aromatic rings. The Morgan fingerprint density at radius 1 is 1.00 bits per heavy atom. The van der Waals surface area contributed by atoms with Crippen LogP contribution in [0.2, 0.25) is 0 Å². The van der Waals surface area contributed by atoms with Crippen molar-refractivity contribution in [3.8, 4) is 6.07 Å². The summed E-state index contributed by atoms with van der Waals surface area (Å²) in [7, 11) is 0. The molecule has 0 aliphatic heterocycles. The van der Waals surface area contributed by atoms with Gasteiger partial charge in [0.25, 0.3) is 0 Å². The summed E-state index contributed by atoms with van der Waals surface area (Å²) in [6.45, 7) is 6.15. The number of aromatic nitrogens is 2. The van der Waals surface area contributed by atoms with Crippen LogP contribution in [0.15, 0.2) is 30.6 Å². The molecule has 1 heterocycles. The van der Waals surface area contributed by atoms with Crippen LogP contribution in [0.3, 0.4) is 0 Å². The highest BCUT2D eigenvalue weighted by Crippen LogP contribution is 2.26. The van der Waals surface area contributed by atoms with E-state index in [1.165, 1.54) is 11.1 Å². The molecule has 1 aromatic heterocycles. The van der Waals surface area contributed by atoms with Crippen LogP contribution in [0.4, 0.5) is 0 Å². The fourth-order valence-corrected chi connectivity index (χ4v) is 2.02. The van der Waals surface area contributed by atoms with Crippen LogP contribution in [-0.2, 0) is 0 Å². The van der Waals surface area contributed by atoms with Crippen LogP contribution in [0.25, 0.3) is 0 Å². The van der Waals surface area contributed by atoms with Crippen molar-refractivity contribution in [3.05, 3.63) is 58.7 Å². The Hall–Kier alpha value is -2.21. The summed E-state index contributed by atoms with van der Waals surface area (Å²) in [5.41, 5.74) is 4.53. The molecule has 3 nitrogen and oxygen atoms in total. The van der Waals surface area contributed by atoms with Gasteiger partial charge in [-0.15, -0.1) is 0 Å². The van der Waals surface area contributed by atoms with Gasteiger partial charge in [-0.25, -0.2) is 9.97 Å². The number of benzene rings is 1. The Morgan fingerprint density at radius 3 is 2.22 bits per heavy atom. The number of nitriles is 1. The topological polar surface area (TPSA) is 49.6 Å². The molecule has 0 aliphatic rings. The van der Waals surface area contributed by atoms with Crippen molar-refractivity contribution in [2.45, 2.75) is 26.7 Å². The molecule has 0 aliphatic carbocycles. The number of aryl methyl sites for hydroxylation is 3. The van der Waals surface area contributed by atoms with Crippen LogP contribution >= 0.6 is 0 Å². The number of hydrogen-bond donors (Lipinski definition) is 0. The summed E-state index contributed by atoms with van der Waals surface area (Å²) in [5, 5.41) is 9.39. The van der Waals surface area contributed by atoms with Gasteiger partial charge in [-0.05, 0) is 49.1 Å². The van der Waals surface area contributed by atoms with E-state index in [-0.39, 0.29) is 0 Å². The zero-order valence-electron chi connectivity index (χ0n) is 10.8. The van der Waals surface area contributed by atoms with Crippen molar-refractivity contribution in [1.29, 1.82) is 5.26 Å². The van der Waals surface area contributed by atoms with Crippen LogP contribution in [0.1, 0.15) is 34.0 Å². The zero-order chi connectivity index (χ0) is 13.1. The maximum Gasteiger partial charge on any atom is 0.149 e. The quantitative estimate of drug-likeness (QED) is 0.806. The van der Waals surface area contributed by atoms with Gasteiger partial charge in [0.15, 0.2) is 0 Å². The van der Waals surface area contributed by atoms with Gasteiger partial charge < -0.3 is 0 Å². The van der Waals surface area contributed by atoms with E-state index in [0.29, 0.717) is 5.82 Å². The fraction of sp³-hybridized carbons (Fsp3) is 0.267. The van der Waals surface area contributed by atoms with E-state index in [0.717, 1.165) is 11.1 Å². The van der Waals surface area contributed by atoms with Gasteiger partial charge >= 0.3 is 0 Å². The lowest BCUT2D eigenvalue weighted by Gasteiger charge is -2.13. The van der Waals surface area contributed by atoms with Crippen molar-refractivity contribution in [2.24, 2.45) is 0 Å². The standard InChI is InChI=1S/C15H15N3/c1-10-7-12(3)13(8-11(10)2)14(9-16)15-17-5-4-6-18-15/h4-8,14H,1-3H3. The van der Waals surface area contributed by atoms with Gasteiger partial charge in [0.2, 0.25) is 0 Å². The molecule has 0 radical (unpaired) electrons. The Morgan fingerprint density at radius 2 is 1.61 bits per heavy atom. The van der Waals surface area contributed by atoms with E-state index in [1.54, 1.807) is 18.5 Å². The van der Waals surface area contributed by atoms with Crippen molar-refractivity contribution in [2.75, 3.05) is 0 Å². The molecule has 1 aromatic carbocycles. The van der Waals surface area contributed by atoms with Crippen LogP contribution in [0.5, 0.6) is 0 Å². The highest BCUT2D eigenvalue weighted by atomic mass is 14.9. The minimum Gasteiger partial charge on any atom is -0.240 e. The smallest absolute Gasteiger partial charge is 0.149 e. The SMILES string of the molecule is Cc1cc(C)c(C(C#N)c2ncccn2)cc1C. The number of rotatable bonds is 2. The molecule has 1 atom stereocenters. The summed E-state index contributed by atoms with van der Waals surface area (Å²) in [6, 6.07) is 8.23. The summed E-state index contributed by atoms with van der Waals surface area (Å²) >= 11 is 0. The van der Waals surface area contributed by atoms with Gasteiger partial charge in [-0.1, -0.05) is 12.1 Å². The van der Waals surface area contributed by atoms with Gasteiger partial charge in [0, 0.05) is 12.4 Å². The molecule has 3 heteroatoms. The molecule has 0 spiro atoms. The van der Waals surface area contributed by atoms with Gasteiger partial charge in [-0.2, -0.15) is 5.26 Å². The lowest BCUT2D eigenvalue weighted by Crippen LogP contribution is -2.06. The van der Waals surface area contributed by atoms with E-state index >= 15 is 0 Å². The first-order chi connectivity index (χ1) is 8.63. The molecule has 0 saturated carbocycles. The molecular formula is C15H15N3. The number of nitrogens with zero attached hydrogens (tertiary/aromatic N) is 3. The second kappa shape index (κ2) is 4.97. The predicted octanol–water partition coefficient (Wildman–Crippen LogP) is 3.06. The molecule has 18 heavy (non-hydrogen) atoms. The van der Waals surface area contributed by atoms with Crippen molar-refractivity contribution >= 4 is 0 Å². The third-order valence-electron chi connectivity index (χ3n) is 3.17. The Labute approximate surface area is 107 Å². The third-order valence-corrected chi connectivity index (χ3v) is 3.17. The fourth-order valence-electron chi connectivity index (χ4n) is 2.02. The van der Waals surface area contributed by atoms with E-state index < -0.39 is 5.92 Å². The third kappa shape index (κ3) is 2.23. The molecule has 0 saturated heterocycles. The maximum atomic E-state index is 9.39. The Balaban J connectivity index is 2.53. The van der Waals surface area contributed by atoms with Crippen LogP contribution < -0.4 is 0 Å². The van der Waals surface area contributed by atoms with Gasteiger partial charge in [0.05, 0.1) is 6.07 Å². The molecule has 0 amide bonds. The van der Waals surface area contributed by atoms with E-state index in [1.807, 2.05) is 6.92 Å². The minimum absolute atomic E-state index is 0.398. The summed E-state index contributed by atoms with van der Waals surface area (Å²) in [6.07, 6.45) is 3.34. The zero-order valence-corrected chi connectivity index (χ0v) is 10.8. The van der Waals surface area contributed by atoms with Crippen LogP contribution in [0, 0.1) is 32.1 Å². The maximum absolute atomic E-state index is 9.39. The average molecular weight is 237 g/mol. The summed E-state index contributed by atoms with van der Waals surface area (Å²) in [5.74, 6) is 0.164. The molecule has 0 fully saturated rings. The Kier molecular flexibility index (Phi) is 3.38. The first-order valence-corrected chi connectivity index (χ1v) is 5.87. The van der Waals surface area contributed by atoms with E-state index in [9.17, 15) is 5.26 Å².